The topological polar surface area (TPSA) is 32.7 Å². The molecule has 1 heterocycles. The maximum atomic E-state index is 10.3. The molecule has 1 unspecified atom stereocenters. The van der Waals surface area contributed by atoms with E-state index in [-0.39, 0.29) is 6.10 Å². The minimum absolute atomic E-state index is 0.325. The summed E-state index contributed by atoms with van der Waals surface area (Å²) in [5, 5.41) is 10.3. The molecule has 3 heteroatoms. The predicted octanol–water partition coefficient (Wildman–Crippen LogP) is 1.93. The standard InChI is InChI=1S/C16H23NO2/c18-16(6-7-17-8-10-19-11-9-17)15-5-4-13-2-1-3-14(13)12-15/h4-5,12,16,18H,1-3,6-11H2. The number of morpholine rings is 1. The largest absolute Gasteiger partial charge is 0.388 e. The molecule has 0 spiro atoms. The van der Waals surface area contributed by atoms with Crippen LogP contribution < -0.4 is 0 Å². The number of hydrogen-bond donors (Lipinski definition) is 1. The first-order chi connectivity index (χ1) is 9.33. The maximum absolute atomic E-state index is 10.3. The average Bonchev–Trinajstić information content (AvgIpc) is 2.93. The summed E-state index contributed by atoms with van der Waals surface area (Å²) in [6, 6.07) is 6.52. The van der Waals surface area contributed by atoms with Crippen LogP contribution in [0.3, 0.4) is 0 Å². The van der Waals surface area contributed by atoms with E-state index in [9.17, 15) is 5.11 Å². The SMILES string of the molecule is OC(CCN1CCOCC1)c1ccc2c(c1)CCC2. The summed E-state index contributed by atoms with van der Waals surface area (Å²) in [5.41, 5.74) is 4.01. The minimum Gasteiger partial charge on any atom is -0.388 e. The summed E-state index contributed by atoms with van der Waals surface area (Å²) >= 11 is 0. The molecule has 1 aromatic rings. The monoisotopic (exact) mass is 261 g/mol. The fourth-order valence-electron chi connectivity index (χ4n) is 3.10. The normalized spacial score (nSPS) is 21.3. The van der Waals surface area contributed by atoms with E-state index in [1.54, 1.807) is 0 Å². The number of rotatable bonds is 4. The molecule has 0 bridgehead atoms. The van der Waals surface area contributed by atoms with Crippen LogP contribution in [-0.4, -0.2) is 42.9 Å². The summed E-state index contributed by atoms with van der Waals surface area (Å²) in [5.74, 6) is 0. The first-order valence-corrected chi connectivity index (χ1v) is 7.43. The summed E-state index contributed by atoms with van der Waals surface area (Å²) in [7, 11) is 0. The molecule has 0 amide bonds. The average molecular weight is 261 g/mol. The first kappa shape index (κ1) is 13.1. The lowest BCUT2D eigenvalue weighted by Crippen LogP contribution is -2.37. The number of fused-ring (bicyclic) bond motifs is 1. The highest BCUT2D eigenvalue weighted by Gasteiger charge is 2.16. The second kappa shape index (κ2) is 6.04. The molecule has 3 rings (SSSR count). The summed E-state index contributed by atoms with van der Waals surface area (Å²) in [4.78, 5) is 2.38. The molecule has 0 aromatic heterocycles. The molecule has 1 aromatic carbocycles. The molecule has 104 valence electrons. The number of aryl methyl sites for hydroxylation is 2. The lowest BCUT2D eigenvalue weighted by Gasteiger charge is -2.27. The van der Waals surface area contributed by atoms with Gasteiger partial charge in [0.2, 0.25) is 0 Å². The van der Waals surface area contributed by atoms with Crippen molar-refractivity contribution in [1.82, 2.24) is 4.90 Å². The molecular weight excluding hydrogens is 238 g/mol. The van der Waals surface area contributed by atoms with Gasteiger partial charge in [-0.2, -0.15) is 0 Å². The van der Waals surface area contributed by atoms with Gasteiger partial charge in [0, 0.05) is 19.6 Å². The Labute approximate surface area is 115 Å². The maximum Gasteiger partial charge on any atom is 0.0802 e. The van der Waals surface area contributed by atoms with Gasteiger partial charge in [0.1, 0.15) is 0 Å². The molecular formula is C16H23NO2. The van der Waals surface area contributed by atoms with Gasteiger partial charge in [-0.3, -0.25) is 4.90 Å². The molecule has 2 aliphatic rings. The molecule has 1 saturated heterocycles. The van der Waals surface area contributed by atoms with Crippen molar-refractivity contribution in [1.29, 1.82) is 0 Å². The van der Waals surface area contributed by atoms with E-state index in [1.807, 2.05) is 0 Å². The molecule has 1 N–H and O–H groups in total. The van der Waals surface area contributed by atoms with Crippen molar-refractivity contribution in [3.8, 4) is 0 Å². The van der Waals surface area contributed by atoms with Gasteiger partial charge in [-0.15, -0.1) is 0 Å². The number of nitrogens with zero attached hydrogens (tertiary/aromatic N) is 1. The van der Waals surface area contributed by atoms with Gasteiger partial charge in [0.25, 0.3) is 0 Å². The summed E-state index contributed by atoms with van der Waals surface area (Å²) in [6.45, 7) is 4.61. The van der Waals surface area contributed by atoms with Crippen molar-refractivity contribution in [2.45, 2.75) is 31.8 Å². The van der Waals surface area contributed by atoms with Crippen LogP contribution in [-0.2, 0) is 17.6 Å². The molecule has 3 nitrogen and oxygen atoms in total. The van der Waals surface area contributed by atoms with Gasteiger partial charge in [0.05, 0.1) is 19.3 Å². The third-order valence-electron chi connectivity index (χ3n) is 4.33. The van der Waals surface area contributed by atoms with Gasteiger partial charge in [-0.05, 0) is 42.4 Å². The van der Waals surface area contributed by atoms with Crippen LogP contribution in [0.25, 0.3) is 0 Å². The molecule has 0 saturated carbocycles. The Morgan fingerprint density at radius 3 is 2.79 bits per heavy atom. The smallest absolute Gasteiger partial charge is 0.0802 e. The van der Waals surface area contributed by atoms with E-state index in [1.165, 1.54) is 30.4 Å². The van der Waals surface area contributed by atoms with Crippen molar-refractivity contribution in [3.05, 3.63) is 34.9 Å². The highest BCUT2D eigenvalue weighted by atomic mass is 16.5. The zero-order valence-electron chi connectivity index (χ0n) is 11.5. The number of benzene rings is 1. The highest BCUT2D eigenvalue weighted by molar-refractivity contribution is 5.36. The van der Waals surface area contributed by atoms with Gasteiger partial charge in [0.15, 0.2) is 0 Å². The van der Waals surface area contributed by atoms with Gasteiger partial charge in [-0.1, -0.05) is 18.2 Å². The second-order valence-electron chi connectivity index (χ2n) is 5.64. The first-order valence-electron chi connectivity index (χ1n) is 7.43. The fourth-order valence-corrected chi connectivity index (χ4v) is 3.10. The van der Waals surface area contributed by atoms with Crippen molar-refractivity contribution in [2.24, 2.45) is 0 Å². The Morgan fingerprint density at radius 1 is 1.16 bits per heavy atom. The van der Waals surface area contributed by atoms with Crippen LogP contribution in [0.15, 0.2) is 18.2 Å². The minimum atomic E-state index is -0.325. The zero-order chi connectivity index (χ0) is 13.1. The van der Waals surface area contributed by atoms with E-state index in [2.05, 4.69) is 23.1 Å². The Morgan fingerprint density at radius 2 is 1.95 bits per heavy atom. The Balaban J connectivity index is 1.56. The fraction of sp³-hybridized carbons (Fsp3) is 0.625. The highest BCUT2D eigenvalue weighted by Crippen LogP contribution is 2.26. The van der Waals surface area contributed by atoms with E-state index in [4.69, 9.17) is 4.74 Å². The molecule has 1 fully saturated rings. The van der Waals surface area contributed by atoms with E-state index < -0.39 is 0 Å². The third kappa shape index (κ3) is 3.16. The number of aliphatic hydroxyl groups is 1. The van der Waals surface area contributed by atoms with Crippen molar-refractivity contribution in [3.63, 3.8) is 0 Å². The van der Waals surface area contributed by atoms with Crippen LogP contribution in [0.5, 0.6) is 0 Å². The van der Waals surface area contributed by atoms with Crippen LogP contribution >= 0.6 is 0 Å². The number of aliphatic hydroxyl groups excluding tert-OH is 1. The second-order valence-corrected chi connectivity index (χ2v) is 5.64. The summed E-state index contributed by atoms with van der Waals surface area (Å²) < 4.78 is 5.34. The van der Waals surface area contributed by atoms with Crippen molar-refractivity contribution in [2.75, 3.05) is 32.8 Å². The Bertz CT molecular complexity index is 427. The molecule has 0 radical (unpaired) electrons. The van der Waals surface area contributed by atoms with E-state index in [0.717, 1.165) is 44.8 Å². The number of ether oxygens (including phenoxy) is 1. The molecule has 1 atom stereocenters. The van der Waals surface area contributed by atoms with Crippen LogP contribution in [0.1, 0.15) is 35.6 Å². The van der Waals surface area contributed by atoms with Crippen molar-refractivity contribution >= 4 is 0 Å². The molecule has 1 aliphatic carbocycles. The van der Waals surface area contributed by atoms with Crippen LogP contribution in [0.4, 0.5) is 0 Å². The van der Waals surface area contributed by atoms with Crippen molar-refractivity contribution < 1.29 is 9.84 Å². The van der Waals surface area contributed by atoms with Gasteiger partial charge >= 0.3 is 0 Å². The van der Waals surface area contributed by atoms with Crippen LogP contribution in [0, 0.1) is 0 Å². The van der Waals surface area contributed by atoms with Gasteiger partial charge < -0.3 is 9.84 Å². The van der Waals surface area contributed by atoms with E-state index in [0.29, 0.717) is 0 Å². The zero-order valence-corrected chi connectivity index (χ0v) is 11.5. The molecule has 19 heavy (non-hydrogen) atoms. The predicted molar refractivity (Wildman–Crippen MR) is 75.3 cm³/mol. The number of hydrogen-bond acceptors (Lipinski definition) is 3. The van der Waals surface area contributed by atoms with E-state index >= 15 is 0 Å². The van der Waals surface area contributed by atoms with Gasteiger partial charge in [-0.25, -0.2) is 0 Å². The third-order valence-corrected chi connectivity index (χ3v) is 4.33. The Hall–Kier alpha value is -0.900. The Kier molecular flexibility index (Phi) is 4.16. The summed E-state index contributed by atoms with van der Waals surface area (Å²) in [6.07, 6.45) is 4.15. The van der Waals surface area contributed by atoms with Crippen LogP contribution in [0.2, 0.25) is 0 Å². The lowest BCUT2D eigenvalue weighted by molar-refractivity contribution is 0.0300. The lowest BCUT2D eigenvalue weighted by atomic mass is 10.0. The molecule has 1 aliphatic heterocycles. The quantitative estimate of drug-likeness (QED) is 0.899.